The van der Waals surface area contributed by atoms with E-state index in [1.807, 2.05) is 11.8 Å². The first kappa shape index (κ1) is 10.4. The van der Waals surface area contributed by atoms with Gasteiger partial charge < -0.3 is 15.3 Å². The maximum absolute atomic E-state index is 11.4. The first-order valence-corrected chi connectivity index (χ1v) is 5.75. The number of aliphatic hydroxyl groups excluding tert-OH is 1. The molecule has 1 fully saturated rings. The summed E-state index contributed by atoms with van der Waals surface area (Å²) >= 11 is 1.43. The second-order valence-corrected chi connectivity index (χ2v) is 4.27. The molecule has 5 nitrogen and oxygen atoms in total. The summed E-state index contributed by atoms with van der Waals surface area (Å²) in [6.07, 6.45) is -0.248. The Kier molecular flexibility index (Phi) is 2.88. The molecule has 0 unspecified atom stereocenters. The highest BCUT2D eigenvalue weighted by Crippen LogP contribution is 2.24. The molecular formula is C9H13N3O2S. The molecule has 2 heterocycles. The van der Waals surface area contributed by atoms with Gasteiger partial charge in [-0.15, -0.1) is 11.3 Å². The summed E-state index contributed by atoms with van der Waals surface area (Å²) in [5.74, 6) is -0.138. The zero-order valence-corrected chi connectivity index (χ0v) is 9.25. The first-order valence-electron chi connectivity index (χ1n) is 4.87. The van der Waals surface area contributed by atoms with Crippen molar-refractivity contribution in [3.8, 4) is 0 Å². The molecule has 82 valence electrons. The van der Waals surface area contributed by atoms with Crippen molar-refractivity contribution in [1.29, 1.82) is 0 Å². The number of carbonyl (C=O) groups is 1. The molecule has 1 saturated heterocycles. The SMILES string of the molecule is CCNC(=O)c1csc(N2CC(O)C2)n1. The zero-order valence-electron chi connectivity index (χ0n) is 8.43. The van der Waals surface area contributed by atoms with Gasteiger partial charge in [0.2, 0.25) is 0 Å². The summed E-state index contributed by atoms with van der Waals surface area (Å²) in [7, 11) is 0. The maximum Gasteiger partial charge on any atom is 0.270 e. The minimum Gasteiger partial charge on any atom is -0.389 e. The van der Waals surface area contributed by atoms with E-state index >= 15 is 0 Å². The molecule has 1 aromatic heterocycles. The van der Waals surface area contributed by atoms with E-state index in [1.165, 1.54) is 11.3 Å². The van der Waals surface area contributed by atoms with E-state index in [1.54, 1.807) is 5.38 Å². The van der Waals surface area contributed by atoms with Crippen molar-refractivity contribution in [1.82, 2.24) is 10.3 Å². The van der Waals surface area contributed by atoms with Crippen LogP contribution >= 0.6 is 11.3 Å². The average molecular weight is 227 g/mol. The first-order chi connectivity index (χ1) is 7.20. The van der Waals surface area contributed by atoms with Gasteiger partial charge in [0, 0.05) is 25.0 Å². The second kappa shape index (κ2) is 4.16. The Morgan fingerprint density at radius 1 is 1.80 bits per heavy atom. The molecule has 0 spiro atoms. The molecular weight excluding hydrogens is 214 g/mol. The van der Waals surface area contributed by atoms with Crippen LogP contribution in [0.25, 0.3) is 0 Å². The topological polar surface area (TPSA) is 65.5 Å². The van der Waals surface area contributed by atoms with Crippen molar-refractivity contribution in [3.63, 3.8) is 0 Å². The van der Waals surface area contributed by atoms with Gasteiger partial charge in [-0.05, 0) is 6.92 Å². The molecule has 6 heteroatoms. The number of β-amino-alcohol motifs (C(OH)–C–C–N with tert-alkyl or cyclic N) is 1. The third kappa shape index (κ3) is 2.10. The summed E-state index contributed by atoms with van der Waals surface area (Å²) in [5, 5.41) is 14.4. The molecule has 2 N–H and O–H groups in total. The summed E-state index contributed by atoms with van der Waals surface area (Å²) in [6.45, 7) is 3.70. The molecule has 1 aliphatic heterocycles. The van der Waals surface area contributed by atoms with Gasteiger partial charge in [0.05, 0.1) is 6.10 Å². The van der Waals surface area contributed by atoms with Crippen LogP contribution in [0.3, 0.4) is 0 Å². The largest absolute Gasteiger partial charge is 0.389 e. The van der Waals surface area contributed by atoms with E-state index in [0.717, 1.165) is 5.13 Å². The van der Waals surface area contributed by atoms with Gasteiger partial charge in [-0.3, -0.25) is 4.79 Å². The summed E-state index contributed by atoms with van der Waals surface area (Å²) in [5.41, 5.74) is 0.457. The van der Waals surface area contributed by atoms with E-state index in [9.17, 15) is 4.79 Å². The molecule has 0 aliphatic carbocycles. The lowest BCUT2D eigenvalue weighted by Crippen LogP contribution is -2.50. The molecule has 0 radical (unpaired) electrons. The Morgan fingerprint density at radius 2 is 2.53 bits per heavy atom. The number of hydrogen-bond donors (Lipinski definition) is 2. The van der Waals surface area contributed by atoms with Gasteiger partial charge >= 0.3 is 0 Å². The number of amides is 1. The van der Waals surface area contributed by atoms with Gasteiger partial charge in [-0.1, -0.05) is 0 Å². The predicted octanol–water partition coefficient (Wildman–Crippen LogP) is 0.0737. The highest BCUT2D eigenvalue weighted by Gasteiger charge is 2.27. The number of aromatic nitrogens is 1. The number of rotatable bonds is 3. The van der Waals surface area contributed by atoms with E-state index in [2.05, 4.69) is 10.3 Å². The smallest absolute Gasteiger partial charge is 0.270 e. The number of anilines is 1. The third-order valence-electron chi connectivity index (χ3n) is 2.19. The highest BCUT2D eigenvalue weighted by atomic mass is 32.1. The Labute approximate surface area is 91.7 Å². The van der Waals surface area contributed by atoms with E-state index in [0.29, 0.717) is 25.3 Å². The van der Waals surface area contributed by atoms with Gasteiger partial charge in [-0.2, -0.15) is 0 Å². The highest BCUT2D eigenvalue weighted by molar-refractivity contribution is 7.14. The molecule has 0 aromatic carbocycles. The third-order valence-corrected chi connectivity index (χ3v) is 3.10. The summed E-state index contributed by atoms with van der Waals surface area (Å²) < 4.78 is 0. The van der Waals surface area contributed by atoms with Crippen LogP contribution in [-0.4, -0.2) is 41.7 Å². The van der Waals surface area contributed by atoms with Crippen LogP contribution in [0.4, 0.5) is 5.13 Å². The van der Waals surface area contributed by atoms with Gasteiger partial charge in [0.1, 0.15) is 5.69 Å². The van der Waals surface area contributed by atoms with E-state index < -0.39 is 0 Å². The Bertz CT molecular complexity index is 360. The number of thiazole rings is 1. The van der Waals surface area contributed by atoms with Gasteiger partial charge in [0.15, 0.2) is 5.13 Å². The zero-order chi connectivity index (χ0) is 10.8. The number of aliphatic hydroxyl groups is 1. The standard InChI is InChI=1S/C9H13N3O2S/c1-2-10-8(14)7-5-15-9(11-7)12-3-6(13)4-12/h5-6,13H,2-4H2,1H3,(H,10,14). The van der Waals surface area contributed by atoms with Crippen LogP contribution < -0.4 is 10.2 Å². The average Bonchev–Trinajstić information content (AvgIpc) is 2.62. The molecule has 2 rings (SSSR count). The van der Waals surface area contributed by atoms with Crippen LogP contribution in [0.2, 0.25) is 0 Å². The van der Waals surface area contributed by atoms with Crippen molar-refractivity contribution < 1.29 is 9.90 Å². The molecule has 0 saturated carbocycles. The van der Waals surface area contributed by atoms with Gasteiger partial charge in [-0.25, -0.2) is 4.98 Å². The number of hydrogen-bond acceptors (Lipinski definition) is 5. The molecule has 0 bridgehead atoms. The summed E-state index contributed by atoms with van der Waals surface area (Å²) in [4.78, 5) is 17.6. The second-order valence-electron chi connectivity index (χ2n) is 3.43. The quantitative estimate of drug-likeness (QED) is 0.767. The van der Waals surface area contributed by atoms with Gasteiger partial charge in [0.25, 0.3) is 5.91 Å². The van der Waals surface area contributed by atoms with Crippen LogP contribution in [0.15, 0.2) is 5.38 Å². The van der Waals surface area contributed by atoms with Crippen LogP contribution in [-0.2, 0) is 0 Å². The minimum atomic E-state index is -0.248. The monoisotopic (exact) mass is 227 g/mol. The fourth-order valence-corrected chi connectivity index (χ4v) is 2.20. The Morgan fingerprint density at radius 3 is 3.13 bits per heavy atom. The van der Waals surface area contributed by atoms with E-state index in [4.69, 9.17) is 5.11 Å². The van der Waals surface area contributed by atoms with Crippen molar-refractivity contribution >= 4 is 22.4 Å². The van der Waals surface area contributed by atoms with Crippen molar-refractivity contribution in [2.75, 3.05) is 24.5 Å². The Balaban J connectivity index is 2.01. The van der Waals surface area contributed by atoms with Crippen LogP contribution in [0.5, 0.6) is 0 Å². The predicted molar refractivity (Wildman–Crippen MR) is 58.3 cm³/mol. The molecule has 1 aliphatic rings. The normalized spacial score (nSPS) is 16.3. The lowest BCUT2D eigenvalue weighted by molar-refractivity contribution is 0.0951. The Hall–Kier alpha value is -1.14. The van der Waals surface area contributed by atoms with Crippen molar-refractivity contribution in [3.05, 3.63) is 11.1 Å². The van der Waals surface area contributed by atoms with Crippen LogP contribution in [0, 0.1) is 0 Å². The minimum absolute atomic E-state index is 0.138. The lowest BCUT2D eigenvalue weighted by atomic mass is 10.2. The molecule has 0 atom stereocenters. The van der Waals surface area contributed by atoms with Crippen LogP contribution in [0.1, 0.15) is 17.4 Å². The number of carbonyl (C=O) groups excluding carboxylic acids is 1. The lowest BCUT2D eigenvalue weighted by Gasteiger charge is -2.35. The molecule has 1 aromatic rings. The number of nitrogens with zero attached hydrogens (tertiary/aromatic N) is 2. The maximum atomic E-state index is 11.4. The van der Waals surface area contributed by atoms with Crippen molar-refractivity contribution in [2.24, 2.45) is 0 Å². The molecule has 15 heavy (non-hydrogen) atoms. The molecule has 1 amide bonds. The fraction of sp³-hybridized carbons (Fsp3) is 0.556. The summed E-state index contributed by atoms with van der Waals surface area (Å²) in [6, 6.07) is 0. The van der Waals surface area contributed by atoms with Crippen molar-refractivity contribution in [2.45, 2.75) is 13.0 Å². The number of nitrogens with one attached hydrogen (secondary N) is 1. The van der Waals surface area contributed by atoms with E-state index in [-0.39, 0.29) is 12.0 Å². The fourth-order valence-electron chi connectivity index (χ4n) is 1.38.